The van der Waals surface area contributed by atoms with E-state index in [1.54, 1.807) is 41.1 Å². The standard InChI is InChI=1S/C29H30F2N2O3/c1-32-16-8-3-9-17-33(29(35)24-15-14-22(30)19-26(24)31)23(18-21-10-4-2-5-11-21)20-36-27-13-7-6-12-25(27)28(32)34/h2,4-7,10-15,19,23H,3,8-9,16-18,20H2,1H3/t23-/m1/s1. The quantitative estimate of drug-likeness (QED) is 0.495. The highest BCUT2D eigenvalue weighted by Crippen LogP contribution is 2.23. The second kappa shape index (κ2) is 11.8. The molecule has 0 unspecified atom stereocenters. The van der Waals surface area contributed by atoms with Crippen molar-refractivity contribution in [2.24, 2.45) is 0 Å². The van der Waals surface area contributed by atoms with E-state index in [1.807, 2.05) is 30.3 Å². The minimum atomic E-state index is -0.889. The summed E-state index contributed by atoms with van der Waals surface area (Å²) in [5.74, 6) is -1.81. The van der Waals surface area contributed by atoms with Crippen molar-refractivity contribution < 1.29 is 23.1 Å². The predicted molar refractivity (Wildman–Crippen MR) is 134 cm³/mol. The first kappa shape index (κ1) is 25.4. The number of halogens is 2. The van der Waals surface area contributed by atoms with Gasteiger partial charge >= 0.3 is 0 Å². The van der Waals surface area contributed by atoms with E-state index in [2.05, 4.69) is 0 Å². The molecule has 0 bridgehead atoms. The molecular formula is C29H30F2N2O3. The van der Waals surface area contributed by atoms with Crippen LogP contribution in [0.3, 0.4) is 0 Å². The summed E-state index contributed by atoms with van der Waals surface area (Å²) in [5.41, 5.74) is 1.28. The first-order chi connectivity index (χ1) is 17.4. The van der Waals surface area contributed by atoms with Gasteiger partial charge in [0.2, 0.25) is 0 Å². The Morgan fingerprint density at radius 1 is 0.944 bits per heavy atom. The van der Waals surface area contributed by atoms with E-state index in [-0.39, 0.29) is 18.1 Å². The third kappa shape index (κ3) is 6.08. The van der Waals surface area contributed by atoms with Crippen molar-refractivity contribution in [3.63, 3.8) is 0 Å². The molecule has 1 heterocycles. The molecular weight excluding hydrogens is 462 g/mol. The molecule has 188 valence electrons. The van der Waals surface area contributed by atoms with Crippen LogP contribution in [0.4, 0.5) is 8.78 Å². The third-order valence-electron chi connectivity index (χ3n) is 6.47. The zero-order chi connectivity index (χ0) is 25.5. The van der Waals surface area contributed by atoms with Crippen LogP contribution in [0.2, 0.25) is 0 Å². The molecule has 5 nitrogen and oxygen atoms in total. The van der Waals surface area contributed by atoms with Crippen LogP contribution in [0, 0.1) is 11.6 Å². The van der Waals surface area contributed by atoms with Crippen molar-refractivity contribution in [3.05, 3.63) is 101 Å². The van der Waals surface area contributed by atoms with E-state index < -0.39 is 23.6 Å². The van der Waals surface area contributed by atoms with Crippen LogP contribution in [0.1, 0.15) is 45.5 Å². The van der Waals surface area contributed by atoms with Crippen molar-refractivity contribution in [1.82, 2.24) is 9.80 Å². The second-order valence-corrected chi connectivity index (χ2v) is 9.06. The van der Waals surface area contributed by atoms with Gasteiger partial charge in [-0.2, -0.15) is 0 Å². The molecule has 1 atom stereocenters. The van der Waals surface area contributed by atoms with E-state index in [4.69, 9.17) is 4.74 Å². The third-order valence-corrected chi connectivity index (χ3v) is 6.47. The van der Waals surface area contributed by atoms with Gasteiger partial charge < -0.3 is 14.5 Å². The van der Waals surface area contributed by atoms with Crippen LogP contribution < -0.4 is 4.74 Å². The summed E-state index contributed by atoms with van der Waals surface area (Å²) in [5, 5.41) is 0. The van der Waals surface area contributed by atoms with Crippen LogP contribution in [0.15, 0.2) is 72.8 Å². The number of carbonyl (C=O) groups is 2. The smallest absolute Gasteiger partial charge is 0.257 e. The van der Waals surface area contributed by atoms with Crippen molar-refractivity contribution in [3.8, 4) is 5.75 Å². The van der Waals surface area contributed by atoms with Crippen LogP contribution in [-0.2, 0) is 6.42 Å². The Morgan fingerprint density at radius 2 is 1.67 bits per heavy atom. The SMILES string of the molecule is CN1CCCCCN(C(=O)c2ccc(F)cc2F)[C@H](Cc2ccccc2)COc2ccccc2C1=O. The fourth-order valence-electron chi connectivity index (χ4n) is 4.48. The molecule has 7 heteroatoms. The molecule has 4 rings (SSSR count). The summed E-state index contributed by atoms with van der Waals surface area (Å²) in [7, 11) is 1.77. The lowest BCUT2D eigenvalue weighted by atomic mass is 10.0. The van der Waals surface area contributed by atoms with Crippen molar-refractivity contribution in [1.29, 1.82) is 0 Å². The van der Waals surface area contributed by atoms with Gasteiger partial charge in [0.1, 0.15) is 24.0 Å². The van der Waals surface area contributed by atoms with Crippen LogP contribution in [0.25, 0.3) is 0 Å². The van der Waals surface area contributed by atoms with E-state index in [9.17, 15) is 18.4 Å². The van der Waals surface area contributed by atoms with Gasteiger partial charge in [0.15, 0.2) is 0 Å². The Hall–Kier alpha value is -3.74. The summed E-state index contributed by atoms with van der Waals surface area (Å²) in [4.78, 5) is 30.0. The number of benzene rings is 3. The molecule has 3 aromatic carbocycles. The zero-order valence-electron chi connectivity index (χ0n) is 20.3. The van der Waals surface area contributed by atoms with Gasteiger partial charge in [-0.3, -0.25) is 9.59 Å². The fraction of sp³-hybridized carbons (Fsp3) is 0.310. The lowest BCUT2D eigenvalue weighted by Gasteiger charge is -2.32. The van der Waals surface area contributed by atoms with Gasteiger partial charge in [0, 0.05) is 26.2 Å². The van der Waals surface area contributed by atoms with Crippen LogP contribution in [-0.4, -0.2) is 54.4 Å². The number of nitrogens with zero attached hydrogens (tertiary/aromatic N) is 2. The highest BCUT2D eigenvalue weighted by atomic mass is 19.1. The summed E-state index contributed by atoms with van der Waals surface area (Å²) < 4.78 is 34.4. The highest BCUT2D eigenvalue weighted by Gasteiger charge is 2.28. The van der Waals surface area contributed by atoms with E-state index >= 15 is 0 Å². The van der Waals surface area contributed by atoms with Gasteiger partial charge in [-0.15, -0.1) is 0 Å². The number of para-hydroxylation sites is 1. The number of rotatable bonds is 3. The normalized spacial score (nSPS) is 17.3. The summed E-state index contributed by atoms with van der Waals surface area (Å²) >= 11 is 0. The average Bonchev–Trinajstić information content (AvgIpc) is 2.89. The van der Waals surface area contributed by atoms with Gasteiger partial charge in [-0.25, -0.2) is 8.78 Å². The topological polar surface area (TPSA) is 49.9 Å². The van der Waals surface area contributed by atoms with Gasteiger partial charge in [-0.1, -0.05) is 42.5 Å². The molecule has 36 heavy (non-hydrogen) atoms. The highest BCUT2D eigenvalue weighted by molar-refractivity contribution is 5.97. The molecule has 0 saturated carbocycles. The van der Waals surface area contributed by atoms with Crippen LogP contribution in [0.5, 0.6) is 5.75 Å². The minimum Gasteiger partial charge on any atom is -0.491 e. The van der Waals surface area contributed by atoms with Gasteiger partial charge in [0.05, 0.1) is 17.2 Å². The molecule has 0 N–H and O–H groups in total. The van der Waals surface area contributed by atoms with Gasteiger partial charge in [-0.05, 0) is 55.5 Å². The first-order valence-corrected chi connectivity index (χ1v) is 12.2. The van der Waals surface area contributed by atoms with Crippen molar-refractivity contribution in [2.75, 3.05) is 26.7 Å². The molecule has 2 amide bonds. The number of hydrogen-bond acceptors (Lipinski definition) is 3. The van der Waals surface area contributed by atoms with Gasteiger partial charge in [0.25, 0.3) is 11.8 Å². The van der Waals surface area contributed by atoms with E-state index in [0.717, 1.165) is 30.5 Å². The number of hydrogen-bond donors (Lipinski definition) is 0. The van der Waals surface area contributed by atoms with Crippen LogP contribution >= 0.6 is 0 Å². The molecule has 0 fully saturated rings. The Bertz CT molecular complexity index is 1200. The molecule has 0 spiro atoms. The Labute approximate surface area is 210 Å². The lowest BCUT2D eigenvalue weighted by molar-refractivity contribution is 0.0600. The number of ether oxygens (including phenoxy) is 1. The first-order valence-electron chi connectivity index (χ1n) is 12.2. The summed E-state index contributed by atoms with van der Waals surface area (Å²) in [6.07, 6.45) is 2.70. The Balaban J connectivity index is 1.71. The fourth-order valence-corrected chi connectivity index (χ4v) is 4.48. The molecule has 1 aliphatic rings. The predicted octanol–water partition coefficient (Wildman–Crippen LogP) is 5.35. The van der Waals surface area contributed by atoms with Crippen molar-refractivity contribution >= 4 is 11.8 Å². The zero-order valence-corrected chi connectivity index (χ0v) is 20.3. The maximum Gasteiger partial charge on any atom is 0.257 e. The van der Waals surface area contributed by atoms with E-state index in [1.165, 1.54) is 6.07 Å². The maximum absolute atomic E-state index is 14.6. The molecule has 0 aromatic heterocycles. The largest absolute Gasteiger partial charge is 0.491 e. The number of fused-ring (bicyclic) bond motifs is 1. The minimum absolute atomic E-state index is 0.109. The Morgan fingerprint density at radius 3 is 2.44 bits per heavy atom. The number of carbonyl (C=O) groups excluding carboxylic acids is 2. The molecule has 1 aliphatic heterocycles. The molecule has 0 radical (unpaired) electrons. The Kier molecular flexibility index (Phi) is 8.31. The molecule has 3 aromatic rings. The van der Waals surface area contributed by atoms with E-state index in [0.29, 0.717) is 37.2 Å². The molecule has 0 saturated heterocycles. The monoisotopic (exact) mass is 492 g/mol. The summed E-state index contributed by atoms with van der Waals surface area (Å²) in [6, 6.07) is 19.3. The number of amides is 2. The summed E-state index contributed by atoms with van der Waals surface area (Å²) in [6.45, 7) is 1.06. The second-order valence-electron chi connectivity index (χ2n) is 9.06. The lowest BCUT2D eigenvalue weighted by Crippen LogP contribution is -2.46. The van der Waals surface area contributed by atoms with Crippen molar-refractivity contribution in [2.45, 2.75) is 31.7 Å². The molecule has 0 aliphatic carbocycles. The maximum atomic E-state index is 14.6. The average molecular weight is 493 g/mol.